The maximum absolute atomic E-state index is 12.6. The topological polar surface area (TPSA) is 83.2 Å². The van der Waals surface area contributed by atoms with Crippen LogP contribution < -0.4 is 0 Å². The first kappa shape index (κ1) is 17.5. The van der Waals surface area contributed by atoms with Gasteiger partial charge in [-0.3, -0.25) is 14.5 Å². The Labute approximate surface area is 152 Å². The van der Waals surface area contributed by atoms with Gasteiger partial charge >= 0.3 is 5.97 Å². The molecule has 1 spiro atoms. The van der Waals surface area contributed by atoms with Crippen molar-refractivity contribution in [2.24, 2.45) is 5.41 Å². The van der Waals surface area contributed by atoms with Crippen LogP contribution in [0.1, 0.15) is 42.7 Å². The maximum atomic E-state index is 12.6. The molecule has 3 saturated heterocycles. The summed E-state index contributed by atoms with van der Waals surface area (Å²) in [5.74, 6) is 0.129. The van der Waals surface area contributed by atoms with Gasteiger partial charge < -0.3 is 19.2 Å². The van der Waals surface area contributed by atoms with Crippen LogP contribution in [0.25, 0.3) is 0 Å². The lowest BCUT2D eigenvalue weighted by Crippen LogP contribution is -2.45. The highest BCUT2D eigenvalue weighted by Crippen LogP contribution is 2.43. The molecular weight excluding hydrogens is 336 g/mol. The van der Waals surface area contributed by atoms with Gasteiger partial charge in [0.25, 0.3) is 5.91 Å². The van der Waals surface area contributed by atoms with Crippen LogP contribution in [0.3, 0.4) is 0 Å². The van der Waals surface area contributed by atoms with Crippen LogP contribution in [0, 0.1) is 5.41 Å². The van der Waals surface area contributed by atoms with Crippen LogP contribution in [0.15, 0.2) is 22.8 Å². The molecule has 7 heteroatoms. The Morgan fingerprint density at radius 3 is 2.62 bits per heavy atom. The lowest BCUT2D eigenvalue weighted by Gasteiger charge is -2.36. The molecule has 0 aromatic carbocycles. The van der Waals surface area contributed by atoms with Crippen molar-refractivity contribution >= 4 is 11.9 Å². The molecule has 3 aliphatic rings. The van der Waals surface area contributed by atoms with Crippen LogP contribution in [-0.2, 0) is 9.53 Å². The summed E-state index contributed by atoms with van der Waals surface area (Å²) in [6.45, 7) is 3.56. The van der Waals surface area contributed by atoms with Gasteiger partial charge in [0.2, 0.25) is 0 Å². The minimum Gasteiger partial charge on any atom is -0.461 e. The molecule has 26 heavy (non-hydrogen) atoms. The number of furan rings is 1. The Kier molecular flexibility index (Phi) is 4.75. The van der Waals surface area contributed by atoms with E-state index in [9.17, 15) is 14.7 Å². The number of piperidine rings is 2. The molecule has 1 unspecified atom stereocenters. The Balaban J connectivity index is 1.32. The average molecular weight is 362 g/mol. The van der Waals surface area contributed by atoms with E-state index < -0.39 is 5.41 Å². The van der Waals surface area contributed by atoms with E-state index >= 15 is 0 Å². The van der Waals surface area contributed by atoms with Crippen molar-refractivity contribution in [2.45, 2.75) is 44.3 Å². The minimum absolute atomic E-state index is 0.0786. The third-order valence-electron chi connectivity index (χ3n) is 6.08. The Morgan fingerprint density at radius 1 is 1.23 bits per heavy atom. The third-order valence-corrected chi connectivity index (χ3v) is 6.08. The van der Waals surface area contributed by atoms with Crippen LogP contribution >= 0.6 is 0 Å². The van der Waals surface area contributed by atoms with Crippen molar-refractivity contribution in [3.8, 4) is 0 Å². The number of carbonyl (C=O) groups is 2. The molecule has 0 saturated carbocycles. The Bertz CT molecular complexity index is 643. The second-order valence-corrected chi connectivity index (χ2v) is 7.81. The van der Waals surface area contributed by atoms with Crippen molar-refractivity contribution < 1.29 is 23.8 Å². The van der Waals surface area contributed by atoms with E-state index in [0.29, 0.717) is 31.7 Å². The smallest absolute Gasteiger partial charge is 0.312 e. The van der Waals surface area contributed by atoms with Crippen molar-refractivity contribution in [3.05, 3.63) is 24.2 Å². The van der Waals surface area contributed by atoms with Gasteiger partial charge in [0, 0.05) is 39.1 Å². The molecule has 4 heterocycles. The van der Waals surface area contributed by atoms with Gasteiger partial charge in [-0.05, 0) is 37.8 Å². The first-order valence-corrected chi connectivity index (χ1v) is 9.50. The molecule has 142 valence electrons. The largest absolute Gasteiger partial charge is 0.461 e. The van der Waals surface area contributed by atoms with Crippen molar-refractivity contribution in [3.63, 3.8) is 0 Å². The van der Waals surface area contributed by atoms with Gasteiger partial charge in [-0.2, -0.15) is 0 Å². The van der Waals surface area contributed by atoms with Gasteiger partial charge in [-0.25, -0.2) is 0 Å². The summed E-state index contributed by atoms with van der Waals surface area (Å²) in [7, 11) is 0. The number of hydrogen-bond donors (Lipinski definition) is 1. The number of aliphatic hydroxyl groups is 1. The fourth-order valence-corrected chi connectivity index (χ4v) is 4.43. The summed E-state index contributed by atoms with van der Waals surface area (Å²) >= 11 is 0. The van der Waals surface area contributed by atoms with E-state index in [1.165, 1.54) is 6.26 Å². The normalized spacial score (nSPS) is 27.0. The summed E-state index contributed by atoms with van der Waals surface area (Å²) < 4.78 is 10.9. The highest BCUT2D eigenvalue weighted by molar-refractivity contribution is 5.91. The number of cyclic esters (lactones) is 1. The van der Waals surface area contributed by atoms with Crippen molar-refractivity contribution in [1.82, 2.24) is 9.80 Å². The Hall–Kier alpha value is -1.86. The number of likely N-dealkylation sites (tertiary alicyclic amines) is 2. The van der Waals surface area contributed by atoms with E-state index in [2.05, 4.69) is 4.90 Å². The number of ether oxygens (including phenoxy) is 1. The van der Waals surface area contributed by atoms with Gasteiger partial charge in [-0.15, -0.1) is 0 Å². The van der Waals surface area contributed by atoms with E-state index in [0.717, 1.165) is 38.9 Å². The summed E-state index contributed by atoms with van der Waals surface area (Å²) in [6, 6.07) is 3.37. The molecule has 0 bridgehead atoms. The highest BCUT2D eigenvalue weighted by atomic mass is 16.6. The van der Waals surface area contributed by atoms with Gasteiger partial charge in [0.1, 0.15) is 6.10 Å². The lowest BCUT2D eigenvalue weighted by atomic mass is 9.76. The van der Waals surface area contributed by atoms with E-state index in [1.54, 1.807) is 17.0 Å². The number of amides is 1. The summed E-state index contributed by atoms with van der Waals surface area (Å²) in [5.41, 5.74) is -0.445. The van der Waals surface area contributed by atoms with Crippen LogP contribution in [-0.4, -0.2) is 71.7 Å². The molecule has 4 rings (SSSR count). The standard InChI is InChI=1S/C19H26N2O5/c22-14-3-7-20(8-4-14)13-15-12-19(18(24)26-15)5-9-21(10-6-19)17(23)16-2-1-11-25-16/h1-2,11,14-15,22H,3-10,12-13H2. The number of nitrogens with zero attached hydrogens (tertiary/aromatic N) is 2. The SMILES string of the molecule is O=C(c1ccco1)N1CCC2(CC1)CC(CN1CCC(O)CC1)OC2=O. The highest BCUT2D eigenvalue weighted by Gasteiger charge is 2.51. The van der Waals surface area contributed by atoms with E-state index in [1.807, 2.05) is 0 Å². The molecule has 0 radical (unpaired) electrons. The summed E-state index contributed by atoms with van der Waals surface area (Å²) in [6.07, 6.45) is 4.82. The third kappa shape index (κ3) is 3.38. The quantitative estimate of drug-likeness (QED) is 0.816. The number of carbonyl (C=O) groups excluding carboxylic acids is 2. The monoisotopic (exact) mass is 362 g/mol. The number of esters is 1. The van der Waals surface area contributed by atoms with E-state index in [-0.39, 0.29) is 24.1 Å². The van der Waals surface area contributed by atoms with Gasteiger partial charge in [0.05, 0.1) is 17.8 Å². The van der Waals surface area contributed by atoms with E-state index in [4.69, 9.17) is 9.15 Å². The molecule has 3 aliphatic heterocycles. The fourth-order valence-electron chi connectivity index (χ4n) is 4.43. The van der Waals surface area contributed by atoms with Crippen LogP contribution in [0.4, 0.5) is 0 Å². The molecule has 1 atom stereocenters. The fraction of sp³-hybridized carbons (Fsp3) is 0.684. The summed E-state index contributed by atoms with van der Waals surface area (Å²) in [5, 5.41) is 9.62. The molecule has 1 aromatic rings. The molecule has 1 N–H and O–H groups in total. The second-order valence-electron chi connectivity index (χ2n) is 7.81. The predicted octanol–water partition coefficient (Wildman–Crippen LogP) is 1.27. The first-order valence-electron chi connectivity index (χ1n) is 9.50. The van der Waals surface area contributed by atoms with Gasteiger partial charge in [-0.1, -0.05) is 0 Å². The van der Waals surface area contributed by atoms with Crippen molar-refractivity contribution in [1.29, 1.82) is 0 Å². The molecule has 7 nitrogen and oxygen atoms in total. The van der Waals surface area contributed by atoms with Crippen LogP contribution in [0.2, 0.25) is 0 Å². The van der Waals surface area contributed by atoms with Crippen molar-refractivity contribution in [2.75, 3.05) is 32.7 Å². The zero-order chi connectivity index (χ0) is 18.1. The zero-order valence-corrected chi connectivity index (χ0v) is 14.9. The second kappa shape index (κ2) is 7.04. The van der Waals surface area contributed by atoms with Crippen LogP contribution in [0.5, 0.6) is 0 Å². The number of rotatable bonds is 3. The molecule has 1 amide bonds. The zero-order valence-electron chi connectivity index (χ0n) is 14.9. The Morgan fingerprint density at radius 2 is 1.96 bits per heavy atom. The molecule has 0 aliphatic carbocycles. The molecule has 1 aromatic heterocycles. The maximum Gasteiger partial charge on any atom is 0.312 e. The average Bonchev–Trinajstić information content (AvgIpc) is 3.27. The molecular formula is C19H26N2O5. The summed E-state index contributed by atoms with van der Waals surface area (Å²) in [4.78, 5) is 29.0. The first-order chi connectivity index (χ1) is 12.6. The van der Waals surface area contributed by atoms with Gasteiger partial charge in [0.15, 0.2) is 5.76 Å². The number of aliphatic hydroxyl groups excluding tert-OH is 1. The minimum atomic E-state index is -0.445. The lowest BCUT2D eigenvalue weighted by molar-refractivity contribution is -0.151. The molecule has 3 fully saturated rings. The predicted molar refractivity (Wildman–Crippen MR) is 92.5 cm³/mol. The number of hydrogen-bond acceptors (Lipinski definition) is 6.